The lowest BCUT2D eigenvalue weighted by atomic mass is 10.1. The Morgan fingerprint density at radius 1 is 1.20 bits per heavy atom. The van der Waals surface area contributed by atoms with Gasteiger partial charge in [-0.05, 0) is 11.6 Å². The summed E-state index contributed by atoms with van der Waals surface area (Å²) in [4.78, 5) is 4.36. The monoisotopic (exact) mass is 262 g/mol. The number of nitrogen functional groups attached to an aromatic ring is 1. The van der Waals surface area contributed by atoms with E-state index in [4.69, 9.17) is 5.73 Å². The first kappa shape index (κ1) is 10.2. The Hall–Kier alpha value is -1.35. The Morgan fingerprint density at radius 2 is 1.93 bits per heavy atom. The van der Waals surface area contributed by atoms with E-state index >= 15 is 0 Å². The molecule has 0 aliphatic heterocycles. The zero-order valence-electron chi connectivity index (χ0n) is 8.15. The summed E-state index contributed by atoms with van der Waals surface area (Å²) in [6, 6.07) is 11.9. The minimum absolute atomic E-state index is 0.721. The van der Waals surface area contributed by atoms with Gasteiger partial charge in [0.1, 0.15) is 0 Å². The van der Waals surface area contributed by atoms with E-state index in [-0.39, 0.29) is 0 Å². The molecule has 0 spiro atoms. The van der Waals surface area contributed by atoms with Crippen LogP contribution in [-0.2, 0) is 5.33 Å². The third-order valence-corrected chi connectivity index (χ3v) is 2.82. The molecular formula is C12H11BrN2. The zero-order chi connectivity index (χ0) is 10.7. The number of nitrogens with zero attached hydrogens (tertiary/aromatic N) is 1. The lowest BCUT2D eigenvalue weighted by Crippen LogP contribution is -1.95. The van der Waals surface area contributed by atoms with Crippen LogP contribution in [0.25, 0.3) is 11.3 Å². The molecule has 0 radical (unpaired) electrons. The summed E-state index contributed by atoms with van der Waals surface area (Å²) in [6.07, 6.45) is 1.84. The van der Waals surface area contributed by atoms with Crippen molar-refractivity contribution >= 4 is 21.6 Å². The molecule has 1 aromatic carbocycles. The number of pyridine rings is 1. The summed E-state index contributed by atoms with van der Waals surface area (Å²) in [6.45, 7) is 0. The lowest BCUT2D eigenvalue weighted by molar-refractivity contribution is 1.26. The Labute approximate surface area is 97.3 Å². The minimum atomic E-state index is 0.721. The maximum Gasteiger partial charge on any atom is 0.0931 e. The zero-order valence-corrected chi connectivity index (χ0v) is 9.74. The number of hydrogen-bond donors (Lipinski definition) is 1. The van der Waals surface area contributed by atoms with Crippen LogP contribution in [0.4, 0.5) is 5.69 Å². The Morgan fingerprint density at radius 3 is 2.53 bits per heavy atom. The van der Waals surface area contributed by atoms with Crippen LogP contribution in [0.1, 0.15) is 5.56 Å². The smallest absolute Gasteiger partial charge is 0.0931 e. The van der Waals surface area contributed by atoms with Gasteiger partial charge in [0.25, 0.3) is 0 Å². The molecule has 2 aromatic rings. The Balaban J connectivity index is 2.46. The number of halogens is 1. The summed E-state index contributed by atoms with van der Waals surface area (Å²) in [5.41, 5.74) is 9.66. The second-order valence-corrected chi connectivity index (χ2v) is 3.84. The average molecular weight is 263 g/mol. The highest BCUT2D eigenvalue weighted by atomic mass is 79.9. The predicted molar refractivity (Wildman–Crippen MR) is 66.7 cm³/mol. The van der Waals surface area contributed by atoms with Crippen molar-refractivity contribution in [1.29, 1.82) is 0 Å². The fraction of sp³-hybridized carbons (Fsp3) is 0.0833. The highest BCUT2D eigenvalue weighted by molar-refractivity contribution is 9.08. The lowest BCUT2D eigenvalue weighted by Gasteiger charge is -2.05. The van der Waals surface area contributed by atoms with Gasteiger partial charge < -0.3 is 5.73 Å². The SMILES string of the molecule is Nc1cc(CBr)cnc1-c1ccccc1. The predicted octanol–water partition coefficient (Wildman–Crippen LogP) is 3.23. The summed E-state index contributed by atoms with van der Waals surface area (Å²) >= 11 is 3.38. The van der Waals surface area contributed by atoms with Crippen molar-refractivity contribution in [2.45, 2.75) is 5.33 Å². The first-order valence-corrected chi connectivity index (χ1v) is 5.79. The molecule has 1 aromatic heterocycles. The number of anilines is 1. The van der Waals surface area contributed by atoms with Crippen molar-refractivity contribution in [1.82, 2.24) is 4.98 Å². The molecule has 2 rings (SSSR count). The van der Waals surface area contributed by atoms with Crippen LogP contribution in [0, 0.1) is 0 Å². The fourth-order valence-electron chi connectivity index (χ4n) is 1.44. The van der Waals surface area contributed by atoms with Crippen LogP contribution >= 0.6 is 15.9 Å². The molecule has 0 amide bonds. The maximum atomic E-state index is 5.95. The number of rotatable bonds is 2. The Kier molecular flexibility index (Phi) is 3.02. The van der Waals surface area contributed by atoms with Crippen LogP contribution in [-0.4, -0.2) is 4.98 Å². The first-order chi connectivity index (χ1) is 7.31. The molecule has 0 saturated carbocycles. The quantitative estimate of drug-likeness (QED) is 0.845. The molecule has 0 fully saturated rings. The topological polar surface area (TPSA) is 38.9 Å². The average Bonchev–Trinajstić information content (AvgIpc) is 2.30. The van der Waals surface area contributed by atoms with E-state index in [9.17, 15) is 0 Å². The maximum absolute atomic E-state index is 5.95. The third-order valence-electron chi connectivity index (χ3n) is 2.18. The van der Waals surface area contributed by atoms with Crippen molar-refractivity contribution < 1.29 is 0 Å². The number of hydrogen-bond acceptors (Lipinski definition) is 2. The summed E-state index contributed by atoms with van der Waals surface area (Å²) < 4.78 is 0. The number of nitrogens with two attached hydrogens (primary N) is 1. The standard InChI is InChI=1S/C12H11BrN2/c13-7-9-6-11(14)12(15-8-9)10-4-2-1-3-5-10/h1-6,8H,7,14H2. The van der Waals surface area contributed by atoms with Gasteiger partial charge >= 0.3 is 0 Å². The second-order valence-electron chi connectivity index (χ2n) is 3.28. The van der Waals surface area contributed by atoms with E-state index in [0.717, 1.165) is 27.8 Å². The third kappa shape index (κ3) is 2.18. The van der Waals surface area contributed by atoms with Gasteiger partial charge in [0.05, 0.1) is 11.4 Å². The summed E-state index contributed by atoms with van der Waals surface area (Å²) in [7, 11) is 0. The minimum Gasteiger partial charge on any atom is -0.397 e. The number of aromatic nitrogens is 1. The van der Waals surface area contributed by atoms with Gasteiger partial charge in [-0.25, -0.2) is 0 Å². The number of benzene rings is 1. The van der Waals surface area contributed by atoms with Gasteiger partial charge in [-0.3, -0.25) is 4.98 Å². The molecule has 2 N–H and O–H groups in total. The normalized spacial score (nSPS) is 10.2. The molecule has 1 heterocycles. The van der Waals surface area contributed by atoms with Crippen LogP contribution in [0.15, 0.2) is 42.6 Å². The van der Waals surface area contributed by atoms with Gasteiger partial charge in [-0.2, -0.15) is 0 Å². The molecule has 0 saturated heterocycles. The summed E-state index contributed by atoms with van der Waals surface area (Å²) in [5, 5.41) is 0.777. The molecule has 76 valence electrons. The highest BCUT2D eigenvalue weighted by Crippen LogP contribution is 2.24. The van der Waals surface area contributed by atoms with Crippen LogP contribution in [0.5, 0.6) is 0 Å². The van der Waals surface area contributed by atoms with E-state index in [1.165, 1.54) is 0 Å². The second kappa shape index (κ2) is 4.45. The van der Waals surface area contributed by atoms with Crippen LogP contribution in [0.3, 0.4) is 0 Å². The van der Waals surface area contributed by atoms with Gasteiger partial charge in [0.15, 0.2) is 0 Å². The first-order valence-electron chi connectivity index (χ1n) is 4.67. The van der Waals surface area contributed by atoms with Gasteiger partial charge in [0, 0.05) is 17.1 Å². The van der Waals surface area contributed by atoms with Crippen LogP contribution in [0.2, 0.25) is 0 Å². The highest BCUT2D eigenvalue weighted by Gasteiger charge is 2.03. The molecule has 0 bridgehead atoms. The Bertz CT molecular complexity index is 454. The van der Waals surface area contributed by atoms with Crippen molar-refractivity contribution in [3.8, 4) is 11.3 Å². The van der Waals surface area contributed by atoms with Crippen molar-refractivity contribution in [2.75, 3.05) is 5.73 Å². The molecule has 0 aliphatic rings. The van der Waals surface area contributed by atoms with E-state index in [1.807, 2.05) is 42.6 Å². The van der Waals surface area contributed by atoms with E-state index < -0.39 is 0 Å². The van der Waals surface area contributed by atoms with Gasteiger partial charge in [0.2, 0.25) is 0 Å². The largest absolute Gasteiger partial charge is 0.397 e. The summed E-state index contributed by atoms with van der Waals surface area (Å²) in [5.74, 6) is 0. The molecule has 0 atom stereocenters. The fourth-order valence-corrected chi connectivity index (χ4v) is 1.74. The van der Waals surface area contributed by atoms with Gasteiger partial charge in [-0.1, -0.05) is 46.3 Å². The molecule has 0 aliphatic carbocycles. The number of alkyl halides is 1. The van der Waals surface area contributed by atoms with Crippen molar-refractivity contribution in [2.24, 2.45) is 0 Å². The van der Waals surface area contributed by atoms with E-state index in [2.05, 4.69) is 20.9 Å². The van der Waals surface area contributed by atoms with Crippen molar-refractivity contribution in [3.63, 3.8) is 0 Å². The molecule has 3 heteroatoms. The molecule has 0 unspecified atom stereocenters. The van der Waals surface area contributed by atoms with Crippen molar-refractivity contribution in [3.05, 3.63) is 48.2 Å². The molecule has 2 nitrogen and oxygen atoms in total. The molecular weight excluding hydrogens is 252 g/mol. The molecule has 15 heavy (non-hydrogen) atoms. The van der Waals surface area contributed by atoms with E-state index in [1.54, 1.807) is 0 Å². The van der Waals surface area contributed by atoms with Crippen LogP contribution < -0.4 is 5.73 Å². The van der Waals surface area contributed by atoms with Gasteiger partial charge in [-0.15, -0.1) is 0 Å². The van der Waals surface area contributed by atoms with E-state index in [0.29, 0.717) is 0 Å².